The van der Waals surface area contributed by atoms with Gasteiger partial charge in [-0.05, 0) is 6.07 Å². The number of rotatable bonds is 1. The quantitative estimate of drug-likeness (QED) is 0.742. The van der Waals surface area contributed by atoms with E-state index in [4.69, 9.17) is 11.6 Å². The van der Waals surface area contributed by atoms with E-state index in [1.807, 2.05) is 0 Å². The number of benzene rings is 1. The molecule has 0 spiro atoms. The van der Waals surface area contributed by atoms with Crippen molar-refractivity contribution in [3.05, 3.63) is 53.1 Å². The lowest BCUT2D eigenvalue weighted by atomic mass is 10.1. The molecule has 0 saturated carbocycles. The molecule has 0 saturated heterocycles. The van der Waals surface area contributed by atoms with Crippen molar-refractivity contribution in [3.63, 3.8) is 0 Å². The van der Waals surface area contributed by atoms with Crippen molar-refractivity contribution in [1.82, 2.24) is 4.98 Å². The maximum Gasteiger partial charge on any atom is 0.166 e. The number of halogens is 4. The highest BCUT2D eigenvalue weighted by Gasteiger charge is 2.16. The topological polar surface area (TPSA) is 12.9 Å². The van der Waals surface area contributed by atoms with Crippen molar-refractivity contribution in [1.29, 1.82) is 0 Å². The van der Waals surface area contributed by atoms with Gasteiger partial charge in [0.2, 0.25) is 0 Å². The second-order valence-corrected chi connectivity index (χ2v) is 3.49. The molecule has 2 aromatic rings. The summed E-state index contributed by atoms with van der Waals surface area (Å²) in [6.45, 7) is 0. The normalized spacial score (nSPS) is 10.5. The van der Waals surface area contributed by atoms with E-state index in [0.29, 0.717) is 0 Å². The van der Waals surface area contributed by atoms with E-state index in [1.165, 1.54) is 18.3 Å². The fourth-order valence-corrected chi connectivity index (χ4v) is 1.61. The van der Waals surface area contributed by atoms with E-state index in [2.05, 4.69) is 4.98 Å². The first-order valence-corrected chi connectivity index (χ1v) is 4.72. The van der Waals surface area contributed by atoms with E-state index < -0.39 is 17.5 Å². The van der Waals surface area contributed by atoms with Crippen molar-refractivity contribution >= 4 is 11.6 Å². The summed E-state index contributed by atoms with van der Waals surface area (Å²) in [5.74, 6) is -2.98. The van der Waals surface area contributed by atoms with Crippen molar-refractivity contribution < 1.29 is 13.2 Å². The lowest BCUT2D eigenvalue weighted by Gasteiger charge is -2.06. The fourth-order valence-electron chi connectivity index (χ4n) is 1.37. The molecule has 0 N–H and O–H groups in total. The largest absolute Gasteiger partial charge is 0.260 e. The molecule has 1 aromatic carbocycles. The van der Waals surface area contributed by atoms with Gasteiger partial charge in [0.1, 0.15) is 0 Å². The number of aromatic nitrogens is 1. The van der Waals surface area contributed by atoms with Gasteiger partial charge in [-0.3, -0.25) is 4.98 Å². The zero-order chi connectivity index (χ0) is 11.7. The van der Waals surface area contributed by atoms with E-state index in [0.717, 1.165) is 12.3 Å². The van der Waals surface area contributed by atoms with Gasteiger partial charge in [-0.2, -0.15) is 0 Å². The molecule has 5 heteroatoms. The first-order chi connectivity index (χ1) is 7.61. The van der Waals surface area contributed by atoms with Crippen molar-refractivity contribution in [2.75, 3.05) is 0 Å². The van der Waals surface area contributed by atoms with Crippen LogP contribution in [0.15, 0.2) is 30.6 Å². The highest BCUT2D eigenvalue weighted by molar-refractivity contribution is 6.33. The van der Waals surface area contributed by atoms with E-state index in [-0.39, 0.29) is 16.1 Å². The average molecular weight is 244 g/mol. The molecule has 0 radical (unpaired) electrons. The van der Waals surface area contributed by atoms with Crippen LogP contribution in [0.2, 0.25) is 5.02 Å². The molecule has 0 atom stereocenters. The van der Waals surface area contributed by atoms with Crippen LogP contribution in [0.25, 0.3) is 11.1 Å². The minimum absolute atomic E-state index is 0.0653. The highest BCUT2D eigenvalue weighted by Crippen LogP contribution is 2.32. The summed E-state index contributed by atoms with van der Waals surface area (Å²) in [6, 6.07) is 3.48. The van der Waals surface area contributed by atoms with Gasteiger partial charge in [-0.1, -0.05) is 23.7 Å². The van der Waals surface area contributed by atoms with Gasteiger partial charge in [-0.25, -0.2) is 13.2 Å². The summed E-state index contributed by atoms with van der Waals surface area (Å²) in [5.41, 5.74) is -0.404. The Morgan fingerprint density at radius 3 is 2.44 bits per heavy atom. The smallest absolute Gasteiger partial charge is 0.166 e. The van der Waals surface area contributed by atoms with Crippen LogP contribution in [0.5, 0.6) is 0 Å². The minimum atomic E-state index is -1.13. The van der Waals surface area contributed by atoms with Crippen LogP contribution in [0.3, 0.4) is 0 Å². The van der Waals surface area contributed by atoms with Crippen LogP contribution in [0, 0.1) is 17.5 Å². The predicted molar refractivity (Wildman–Crippen MR) is 54.6 cm³/mol. The van der Waals surface area contributed by atoms with Crippen molar-refractivity contribution in [3.8, 4) is 11.1 Å². The number of hydrogen-bond acceptors (Lipinski definition) is 1. The molecule has 2 rings (SSSR count). The predicted octanol–water partition coefficient (Wildman–Crippen LogP) is 3.82. The Labute approximate surface area is 94.5 Å². The molecular formula is C11H5ClF3N. The van der Waals surface area contributed by atoms with Gasteiger partial charge in [0.15, 0.2) is 17.5 Å². The van der Waals surface area contributed by atoms with Crippen LogP contribution in [0.1, 0.15) is 0 Å². The minimum Gasteiger partial charge on any atom is -0.260 e. The summed E-state index contributed by atoms with van der Waals surface area (Å²) >= 11 is 5.70. The lowest BCUT2D eigenvalue weighted by Crippen LogP contribution is -1.93. The lowest BCUT2D eigenvalue weighted by molar-refractivity contribution is 0.510. The Morgan fingerprint density at radius 2 is 1.75 bits per heavy atom. The molecule has 1 heterocycles. The average Bonchev–Trinajstić information content (AvgIpc) is 2.24. The van der Waals surface area contributed by atoms with Crippen LogP contribution in [-0.2, 0) is 0 Å². The molecule has 16 heavy (non-hydrogen) atoms. The molecule has 0 aliphatic carbocycles. The van der Waals surface area contributed by atoms with Crippen LogP contribution in [0.4, 0.5) is 13.2 Å². The summed E-state index contributed by atoms with van der Waals surface area (Å²) in [4.78, 5) is 3.50. The molecule has 0 bridgehead atoms. The molecule has 1 nitrogen and oxygen atoms in total. The summed E-state index contributed by atoms with van der Waals surface area (Å²) in [7, 11) is 0. The fraction of sp³-hybridized carbons (Fsp3) is 0. The van der Waals surface area contributed by atoms with Crippen LogP contribution >= 0.6 is 11.6 Å². The van der Waals surface area contributed by atoms with Gasteiger partial charge in [0, 0.05) is 17.3 Å². The monoisotopic (exact) mass is 243 g/mol. The molecule has 0 aliphatic rings. The van der Waals surface area contributed by atoms with Gasteiger partial charge < -0.3 is 0 Å². The molecule has 0 aliphatic heterocycles. The summed E-state index contributed by atoms with van der Waals surface area (Å²) in [6.07, 6.45) is 2.07. The Balaban J connectivity index is 2.73. The van der Waals surface area contributed by atoms with E-state index in [9.17, 15) is 13.2 Å². The molecule has 0 unspecified atom stereocenters. The van der Waals surface area contributed by atoms with Crippen molar-refractivity contribution in [2.45, 2.75) is 0 Å². The van der Waals surface area contributed by atoms with Gasteiger partial charge in [0.05, 0.1) is 11.2 Å². The molecule has 0 amide bonds. The third-order valence-corrected chi connectivity index (χ3v) is 2.36. The van der Waals surface area contributed by atoms with Gasteiger partial charge >= 0.3 is 0 Å². The second-order valence-electron chi connectivity index (χ2n) is 3.08. The first kappa shape index (κ1) is 11.0. The molecular weight excluding hydrogens is 239 g/mol. The van der Waals surface area contributed by atoms with E-state index in [1.54, 1.807) is 0 Å². The van der Waals surface area contributed by atoms with Gasteiger partial charge in [-0.15, -0.1) is 0 Å². The Kier molecular flexibility index (Phi) is 2.83. The highest BCUT2D eigenvalue weighted by atomic mass is 35.5. The SMILES string of the molecule is Fc1cccc(-c2c(F)cncc2Cl)c1F. The number of pyridine rings is 1. The van der Waals surface area contributed by atoms with Gasteiger partial charge in [0.25, 0.3) is 0 Å². The van der Waals surface area contributed by atoms with E-state index >= 15 is 0 Å². The second kappa shape index (κ2) is 4.14. The summed E-state index contributed by atoms with van der Waals surface area (Å²) in [5, 5.41) is -0.0653. The maximum atomic E-state index is 13.4. The van der Waals surface area contributed by atoms with Crippen molar-refractivity contribution in [2.24, 2.45) is 0 Å². The Bertz CT molecular complexity index is 522. The molecule has 1 aromatic heterocycles. The van der Waals surface area contributed by atoms with Crippen LogP contribution < -0.4 is 0 Å². The maximum absolute atomic E-state index is 13.4. The Morgan fingerprint density at radius 1 is 1.00 bits per heavy atom. The first-order valence-electron chi connectivity index (χ1n) is 4.34. The zero-order valence-electron chi connectivity index (χ0n) is 7.85. The molecule has 0 fully saturated rings. The number of hydrogen-bond donors (Lipinski definition) is 0. The van der Waals surface area contributed by atoms with Crippen LogP contribution in [-0.4, -0.2) is 4.98 Å². The third-order valence-electron chi connectivity index (χ3n) is 2.07. The summed E-state index contributed by atoms with van der Waals surface area (Å²) < 4.78 is 39.8. The standard InChI is InChI=1S/C11H5ClF3N/c12-7-4-16-5-9(14)10(7)6-2-1-3-8(13)11(6)15/h1-5H. The zero-order valence-corrected chi connectivity index (χ0v) is 8.60. The molecule has 82 valence electrons. The number of nitrogens with zero attached hydrogens (tertiary/aromatic N) is 1. The Hall–Kier alpha value is -1.55. The third kappa shape index (κ3) is 1.76.